The number of benzene rings is 1. The molecule has 1 aromatic carbocycles. The first-order valence-corrected chi connectivity index (χ1v) is 7.94. The summed E-state index contributed by atoms with van der Waals surface area (Å²) in [5.41, 5.74) is 1.06. The molecule has 3 rings (SSSR count). The maximum atomic E-state index is 14.0. The summed E-state index contributed by atoms with van der Waals surface area (Å²) >= 11 is 0. The van der Waals surface area contributed by atoms with Crippen molar-refractivity contribution >= 4 is 5.91 Å². The van der Waals surface area contributed by atoms with Gasteiger partial charge in [-0.25, -0.2) is 4.39 Å². The molecule has 1 unspecified atom stereocenters. The van der Waals surface area contributed by atoms with Crippen molar-refractivity contribution in [1.29, 1.82) is 0 Å². The number of amides is 1. The molecule has 0 aromatic heterocycles. The molecule has 2 fully saturated rings. The second kappa shape index (κ2) is 6.14. The zero-order valence-electron chi connectivity index (χ0n) is 12.6. The Bertz CT molecular complexity index is 526. The zero-order chi connectivity index (χ0) is 14.8. The summed E-state index contributed by atoms with van der Waals surface area (Å²) in [6.45, 7) is 5.61. The van der Waals surface area contributed by atoms with E-state index in [0.29, 0.717) is 6.04 Å². The number of rotatable bonds is 2. The second-order valence-corrected chi connectivity index (χ2v) is 6.27. The van der Waals surface area contributed by atoms with Gasteiger partial charge in [0.15, 0.2) is 0 Å². The molecule has 1 amide bonds. The van der Waals surface area contributed by atoms with Crippen LogP contribution >= 0.6 is 0 Å². The Labute approximate surface area is 125 Å². The molecule has 1 atom stereocenters. The highest BCUT2D eigenvalue weighted by molar-refractivity contribution is 5.94. The number of piperidine rings is 1. The molecule has 0 spiro atoms. The molecule has 0 radical (unpaired) electrons. The minimum atomic E-state index is -0.400. The molecule has 4 heteroatoms. The van der Waals surface area contributed by atoms with Gasteiger partial charge in [0.1, 0.15) is 5.82 Å². The smallest absolute Gasteiger partial charge is 0.256 e. The first-order chi connectivity index (χ1) is 10.1. The largest absolute Gasteiger partial charge is 0.337 e. The fourth-order valence-corrected chi connectivity index (χ4v) is 3.51. The van der Waals surface area contributed by atoms with E-state index in [-0.39, 0.29) is 11.5 Å². The normalized spacial score (nSPS) is 23.5. The van der Waals surface area contributed by atoms with Crippen LogP contribution in [0, 0.1) is 12.7 Å². The van der Waals surface area contributed by atoms with E-state index in [1.165, 1.54) is 18.9 Å². The highest BCUT2D eigenvalue weighted by atomic mass is 19.1. The summed E-state index contributed by atoms with van der Waals surface area (Å²) in [5.74, 6) is -0.556. The minimum absolute atomic E-state index is 0.156. The van der Waals surface area contributed by atoms with E-state index in [1.807, 2.05) is 11.8 Å². The maximum absolute atomic E-state index is 14.0. The highest BCUT2D eigenvalue weighted by Crippen LogP contribution is 2.22. The fraction of sp³-hybridized carbons (Fsp3) is 0.588. The van der Waals surface area contributed by atoms with Crippen molar-refractivity contribution < 1.29 is 9.18 Å². The van der Waals surface area contributed by atoms with Crippen molar-refractivity contribution in [3.8, 4) is 0 Å². The van der Waals surface area contributed by atoms with E-state index in [2.05, 4.69) is 4.90 Å². The third kappa shape index (κ3) is 3.10. The number of carbonyl (C=O) groups excluding carboxylic acids is 1. The van der Waals surface area contributed by atoms with Gasteiger partial charge >= 0.3 is 0 Å². The number of halogens is 1. The van der Waals surface area contributed by atoms with Gasteiger partial charge in [-0.2, -0.15) is 0 Å². The van der Waals surface area contributed by atoms with E-state index in [0.717, 1.165) is 44.6 Å². The molecule has 2 aliphatic rings. The standard InChI is InChI=1S/C17H23FN2O/c1-13-6-7-15(16(18)11-13)17(21)20-10-4-5-14(12-20)19-8-2-3-9-19/h6-7,11,14H,2-5,8-10,12H2,1H3. The number of carbonyl (C=O) groups is 1. The lowest BCUT2D eigenvalue weighted by Gasteiger charge is -2.37. The van der Waals surface area contributed by atoms with Crippen molar-refractivity contribution in [3.63, 3.8) is 0 Å². The third-order valence-electron chi connectivity index (χ3n) is 4.70. The molecule has 0 saturated carbocycles. The van der Waals surface area contributed by atoms with Crippen LogP contribution in [0.25, 0.3) is 0 Å². The molecule has 2 aliphatic heterocycles. The average Bonchev–Trinajstić information content (AvgIpc) is 3.01. The van der Waals surface area contributed by atoms with Gasteiger partial charge in [-0.1, -0.05) is 6.07 Å². The maximum Gasteiger partial charge on any atom is 0.256 e. The van der Waals surface area contributed by atoms with Gasteiger partial charge in [-0.15, -0.1) is 0 Å². The molecule has 0 N–H and O–H groups in total. The van der Waals surface area contributed by atoms with Gasteiger partial charge in [-0.05, 0) is 63.4 Å². The molecule has 3 nitrogen and oxygen atoms in total. The number of hydrogen-bond donors (Lipinski definition) is 0. The van der Waals surface area contributed by atoms with Crippen molar-refractivity contribution in [2.75, 3.05) is 26.2 Å². The van der Waals surface area contributed by atoms with Gasteiger partial charge in [0.05, 0.1) is 5.56 Å². The lowest BCUT2D eigenvalue weighted by atomic mass is 10.0. The summed E-state index contributed by atoms with van der Waals surface area (Å²) < 4.78 is 14.0. The number of aryl methyl sites for hydroxylation is 1. The summed E-state index contributed by atoms with van der Waals surface area (Å²) in [7, 11) is 0. The lowest BCUT2D eigenvalue weighted by Crippen LogP contribution is -2.49. The minimum Gasteiger partial charge on any atom is -0.337 e. The van der Waals surface area contributed by atoms with Crippen LogP contribution in [-0.2, 0) is 0 Å². The van der Waals surface area contributed by atoms with Gasteiger partial charge < -0.3 is 4.90 Å². The Balaban J connectivity index is 1.71. The quantitative estimate of drug-likeness (QED) is 0.836. The number of likely N-dealkylation sites (tertiary alicyclic amines) is 2. The van der Waals surface area contributed by atoms with Gasteiger partial charge in [-0.3, -0.25) is 9.69 Å². The van der Waals surface area contributed by atoms with Crippen LogP contribution in [0.2, 0.25) is 0 Å². The van der Waals surface area contributed by atoms with Crippen LogP contribution in [-0.4, -0.2) is 47.9 Å². The van der Waals surface area contributed by atoms with Crippen molar-refractivity contribution in [3.05, 3.63) is 35.1 Å². The Hall–Kier alpha value is -1.42. The Morgan fingerprint density at radius 2 is 1.95 bits per heavy atom. The number of nitrogens with zero attached hydrogens (tertiary/aromatic N) is 2. The SMILES string of the molecule is Cc1ccc(C(=O)N2CCCC(N3CCCC3)C2)c(F)c1. The zero-order valence-corrected chi connectivity index (χ0v) is 12.6. The van der Waals surface area contributed by atoms with E-state index < -0.39 is 5.82 Å². The van der Waals surface area contributed by atoms with Crippen LogP contribution in [0.1, 0.15) is 41.6 Å². The van der Waals surface area contributed by atoms with Crippen LogP contribution in [0.5, 0.6) is 0 Å². The molecule has 0 aliphatic carbocycles. The van der Waals surface area contributed by atoms with Crippen molar-refractivity contribution in [2.24, 2.45) is 0 Å². The lowest BCUT2D eigenvalue weighted by molar-refractivity contribution is 0.0603. The predicted octanol–water partition coefficient (Wildman–Crippen LogP) is 2.83. The fourth-order valence-electron chi connectivity index (χ4n) is 3.51. The topological polar surface area (TPSA) is 23.6 Å². The number of hydrogen-bond acceptors (Lipinski definition) is 2. The first-order valence-electron chi connectivity index (χ1n) is 7.94. The molecule has 0 bridgehead atoms. The Morgan fingerprint density at radius 1 is 1.19 bits per heavy atom. The summed E-state index contributed by atoms with van der Waals surface area (Å²) in [5, 5.41) is 0. The van der Waals surface area contributed by atoms with E-state index in [1.54, 1.807) is 12.1 Å². The van der Waals surface area contributed by atoms with E-state index in [4.69, 9.17) is 0 Å². The second-order valence-electron chi connectivity index (χ2n) is 6.27. The van der Waals surface area contributed by atoms with Crippen LogP contribution < -0.4 is 0 Å². The summed E-state index contributed by atoms with van der Waals surface area (Å²) in [4.78, 5) is 16.9. The van der Waals surface area contributed by atoms with Crippen molar-refractivity contribution in [2.45, 2.75) is 38.6 Å². The monoisotopic (exact) mass is 290 g/mol. The molecule has 21 heavy (non-hydrogen) atoms. The van der Waals surface area contributed by atoms with Gasteiger partial charge in [0.25, 0.3) is 5.91 Å². The molecular weight excluding hydrogens is 267 g/mol. The van der Waals surface area contributed by atoms with E-state index in [9.17, 15) is 9.18 Å². The predicted molar refractivity (Wildman–Crippen MR) is 80.9 cm³/mol. The van der Waals surface area contributed by atoms with Gasteiger partial charge in [0.2, 0.25) is 0 Å². The third-order valence-corrected chi connectivity index (χ3v) is 4.70. The van der Waals surface area contributed by atoms with Crippen molar-refractivity contribution in [1.82, 2.24) is 9.80 Å². The van der Waals surface area contributed by atoms with Gasteiger partial charge in [0, 0.05) is 19.1 Å². The summed E-state index contributed by atoms with van der Waals surface area (Å²) in [6.07, 6.45) is 4.69. The molecule has 2 heterocycles. The molecule has 1 aromatic rings. The molecule has 2 saturated heterocycles. The first kappa shape index (κ1) is 14.5. The van der Waals surface area contributed by atoms with Crippen LogP contribution in [0.15, 0.2) is 18.2 Å². The highest BCUT2D eigenvalue weighted by Gasteiger charge is 2.30. The molecule has 114 valence electrons. The van der Waals surface area contributed by atoms with E-state index >= 15 is 0 Å². The Kier molecular flexibility index (Phi) is 4.24. The molecular formula is C17H23FN2O. The Morgan fingerprint density at radius 3 is 2.67 bits per heavy atom. The van der Waals surface area contributed by atoms with Crippen LogP contribution in [0.4, 0.5) is 4.39 Å². The average molecular weight is 290 g/mol. The van der Waals surface area contributed by atoms with Crippen LogP contribution in [0.3, 0.4) is 0 Å². The summed E-state index contributed by atoms with van der Waals surface area (Å²) in [6, 6.07) is 5.32.